The zero-order valence-electron chi connectivity index (χ0n) is 14.2. The van der Waals surface area contributed by atoms with Gasteiger partial charge in [0.2, 0.25) is 0 Å². The Hall–Kier alpha value is -1.54. The molecule has 0 aliphatic heterocycles. The fourth-order valence-electron chi connectivity index (χ4n) is 2.09. The summed E-state index contributed by atoms with van der Waals surface area (Å²) in [4.78, 5) is 8.28. The molecule has 1 heterocycles. The molecule has 25 heavy (non-hydrogen) atoms. The van der Waals surface area contributed by atoms with Crippen molar-refractivity contribution < 1.29 is 4.74 Å². The zero-order valence-corrected chi connectivity index (χ0v) is 17.3. The molecule has 0 saturated carbocycles. The van der Waals surface area contributed by atoms with Crippen LogP contribution in [0.15, 0.2) is 53.7 Å². The lowest BCUT2D eigenvalue weighted by Crippen LogP contribution is -2.39. The summed E-state index contributed by atoms with van der Waals surface area (Å²) >= 11 is 5.77. The highest BCUT2D eigenvalue weighted by Gasteiger charge is 1.99. The number of benzene rings is 1. The minimum Gasteiger partial charge on any atom is -0.494 e. The van der Waals surface area contributed by atoms with Gasteiger partial charge in [-0.15, -0.1) is 24.0 Å². The minimum atomic E-state index is 0. The third kappa shape index (κ3) is 8.92. The highest BCUT2D eigenvalue weighted by Crippen LogP contribution is 2.08. The third-order valence-electron chi connectivity index (χ3n) is 3.34. The summed E-state index contributed by atoms with van der Waals surface area (Å²) in [6, 6.07) is 13.6. The normalized spacial score (nSPS) is 10.7. The van der Waals surface area contributed by atoms with Gasteiger partial charge in [0.05, 0.1) is 6.61 Å². The fourth-order valence-corrected chi connectivity index (χ4v) is 2.20. The molecule has 0 amide bonds. The number of ether oxygens (including phenoxy) is 1. The monoisotopic (exact) mass is 474 g/mol. The summed E-state index contributed by atoms with van der Waals surface area (Å²) in [6.07, 6.45) is 3.56. The first-order valence-electron chi connectivity index (χ1n) is 8.01. The van der Waals surface area contributed by atoms with E-state index in [1.54, 1.807) is 19.3 Å². The van der Waals surface area contributed by atoms with Crippen LogP contribution in [0.4, 0.5) is 0 Å². The number of rotatable bonds is 8. The Balaban J connectivity index is 0.00000312. The van der Waals surface area contributed by atoms with Gasteiger partial charge in [-0.05, 0) is 36.6 Å². The van der Waals surface area contributed by atoms with Gasteiger partial charge >= 0.3 is 0 Å². The second-order valence-corrected chi connectivity index (χ2v) is 5.57. The van der Waals surface area contributed by atoms with Crippen molar-refractivity contribution in [2.24, 2.45) is 4.99 Å². The molecule has 0 atom stereocenters. The van der Waals surface area contributed by atoms with Crippen molar-refractivity contribution in [1.82, 2.24) is 15.6 Å². The van der Waals surface area contributed by atoms with E-state index >= 15 is 0 Å². The zero-order chi connectivity index (χ0) is 17.0. The molecule has 1 aromatic carbocycles. The fraction of sp³-hybridized carbons (Fsp3) is 0.333. The van der Waals surface area contributed by atoms with Crippen molar-refractivity contribution in [3.63, 3.8) is 0 Å². The summed E-state index contributed by atoms with van der Waals surface area (Å²) in [5, 5.41) is 7.07. The van der Waals surface area contributed by atoms with Crippen LogP contribution in [0.3, 0.4) is 0 Å². The van der Waals surface area contributed by atoms with E-state index in [1.807, 2.05) is 36.4 Å². The molecule has 0 fully saturated rings. The number of aromatic nitrogens is 1. The average Bonchev–Trinajstić information content (AvgIpc) is 2.62. The van der Waals surface area contributed by atoms with Crippen molar-refractivity contribution >= 4 is 41.5 Å². The molecule has 136 valence electrons. The van der Waals surface area contributed by atoms with Crippen molar-refractivity contribution in [1.29, 1.82) is 0 Å². The Labute approximate surface area is 171 Å². The van der Waals surface area contributed by atoms with E-state index < -0.39 is 0 Å². The molecule has 2 rings (SSSR count). The molecule has 2 N–H and O–H groups in total. The molecular weight excluding hydrogens is 451 g/mol. The van der Waals surface area contributed by atoms with Crippen molar-refractivity contribution in [3.05, 3.63) is 59.4 Å². The number of hydrogen-bond donors (Lipinski definition) is 2. The predicted octanol–water partition coefficient (Wildman–Crippen LogP) is 3.53. The van der Waals surface area contributed by atoms with Crippen molar-refractivity contribution in [2.75, 3.05) is 26.7 Å². The Bertz CT molecular complexity index is 623. The van der Waals surface area contributed by atoms with Crippen LogP contribution in [0.25, 0.3) is 0 Å². The van der Waals surface area contributed by atoms with Gasteiger partial charge in [-0.3, -0.25) is 4.99 Å². The highest BCUT2D eigenvalue weighted by molar-refractivity contribution is 14.0. The molecule has 0 bridgehead atoms. The number of hydrogen-bond acceptors (Lipinski definition) is 3. The van der Waals surface area contributed by atoms with Crippen LogP contribution in [-0.4, -0.2) is 37.7 Å². The predicted molar refractivity (Wildman–Crippen MR) is 114 cm³/mol. The molecule has 0 radical (unpaired) electrons. The van der Waals surface area contributed by atoms with Gasteiger partial charge in [-0.1, -0.05) is 35.9 Å². The molecule has 1 aromatic heterocycles. The van der Waals surface area contributed by atoms with E-state index in [1.165, 1.54) is 0 Å². The topological polar surface area (TPSA) is 58.5 Å². The average molecular weight is 475 g/mol. The Morgan fingerprint density at radius 3 is 2.56 bits per heavy atom. The summed E-state index contributed by atoms with van der Waals surface area (Å²) in [5.74, 6) is 1.69. The van der Waals surface area contributed by atoms with Crippen LogP contribution in [-0.2, 0) is 6.42 Å². The van der Waals surface area contributed by atoms with Gasteiger partial charge in [0.15, 0.2) is 5.96 Å². The number of pyridine rings is 1. The van der Waals surface area contributed by atoms with Crippen LogP contribution in [0, 0.1) is 0 Å². The van der Waals surface area contributed by atoms with Gasteiger partial charge in [0, 0.05) is 26.3 Å². The van der Waals surface area contributed by atoms with E-state index in [0.717, 1.165) is 43.2 Å². The van der Waals surface area contributed by atoms with Crippen LogP contribution in [0.2, 0.25) is 5.15 Å². The van der Waals surface area contributed by atoms with E-state index in [2.05, 4.69) is 20.6 Å². The highest BCUT2D eigenvalue weighted by atomic mass is 127. The smallest absolute Gasteiger partial charge is 0.190 e. The third-order valence-corrected chi connectivity index (χ3v) is 3.57. The lowest BCUT2D eigenvalue weighted by Gasteiger charge is -2.12. The summed E-state index contributed by atoms with van der Waals surface area (Å²) < 4.78 is 5.65. The Morgan fingerprint density at radius 1 is 1.12 bits per heavy atom. The quantitative estimate of drug-likeness (QED) is 0.202. The van der Waals surface area contributed by atoms with Gasteiger partial charge in [0.1, 0.15) is 10.9 Å². The number of aliphatic imine (C=N–C) groups is 1. The number of halogens is 2. The molecule has 0 unspecified atom stereocenters. The largest absolute Gasteiger partial charge is 0.494 e. The summed E-state index contributed by atoms with van der Waals surface area (Å²) in [5.41, 5.74) is 1.14. The number of para-hydroxylation sites is 1. The second kappa shape index (κ2) is 12.8. The van der Waals surface area contributed by atoms with Gasteiger partial charge < -0.3 is 15.4 Å². The maximum absolute atomic E-state index is 5.77. The van der Waals surface area contributed by atoms with E-state index in [0.29, 0.717) is 11.8 Å². The van der Waals surface area contributed by atoms with Gasteiger partial charge in [-0.2, -0.15) is 0 Å². The summed E-state index contributed by atoms with van der Waals surface area (Å²) in [6.45, 7) is 2.25. The first-order chi connectivity index (χ1) is 11.8. The van der Waals surface area contributed by atoms with E-state index in [-0.39, 0.29) is 24.0 Å². The molecule has 0 aliphatic rings. The molecular formula is C18H24ClIN4O. The Kier molecular flexibility index (Phi) is 11.0. The van der Waals surface area contributed by atoms with Crippen molar-refractivity contribution in [3.8, 4) is 5.75 Å². The van der Waals surface area contributed by atoms with Crippen LogP contribution in [0.5, 0.6) is 5.75 Å². The molecule has 0 spiro atoms. The SMILES string of the molecule is CN=C(NCCCOc1ccccc1)NCCc1ccc(Cl)nc1.I. The first-order valence-corrected chi connectivity index (χ1v) is 8.38. The molecule has 2 aromatic rings. The van der Waals surface area contributed by atoms with Crippen LogP contribution < -0.4 is 15.4 Å². The minimum absolute atomic E-state index is 0. The molecule has 7 heteroatoms. The number of nitrogens with zero attached hydrogens (tertiary/aromatic N) is 2. The van der Waals surface area contributed by atoms with Crippen LogP contribution >= 0.6 is 35.6 Å². The standard InChI is InChI=1S/C18H23ClN4O.HI/c1-20-18(22-12-10-15-8-9-17(19)23-14-15)21-11-5-13-24-16-6-3-2-4-7-16;/h2-4,6-9,14H,5,10-13H2,1H3,(H2,20,21,22);1H. The summed E-state index contributed by atoms with van der Waals surface area (Å²) in [7, 11) is 1.76. The number of guanidine groups is 1. The second-order valence-electron chi connectivity index (χ2n) is 5.18. The molecule has 0 saturated heterocycles. The maximum Gasteiger partial charge on any atom is 0.190 e. The first kappa shape index (κ1) is 21.5. The van der Waals surface area contributed by atoms with E-state index in [9.17, 15) is 0 Å². The molecule has 0 aliphatic carbocycles. The lowest BCUT2D eigenvalue weighted by molar-refractivity contribution is 0.311. The number of nitrogens with one attached hydrogen (secondary N) is 2. The van der Waals surface area contributed by atoms with Crippen molar-refractivity contribution in [2.45, 2.75) is 12.8 Å². The maximum atomic E-state index is 5.77. The lowest BCUT2D eigenvalue weighted by atomic mass is 10.2. The van der Waals surface area contributed by atoms with Crippen LogP contribution in [0.1, 0.15) is 12.0 Å². The molecule has 5 nitrogen and oxygen atoms in total. The van der Waals surface area contributed by atoms with Gasteiger partial charge in [-0.25, -0.2) is 4.98 Å². The van der Waals surface area contributed by atoms with E-state index in [4.69, 9.17) is 16.3 Å². The Morgan fingerprint density at radius 2 is 1.88 bits per heavy atom. The van der Waals surface area contributed by atoms with Gasteiger partial charge in [0.25, 0.3) is 0 Å².